The highest BCUT2D eigenvalue weighted by Crippen LogP contribution is 2.26. The molecular formula is C23H39NO6. The summed E-state index contributed by atoms with van der Waals surface area (Å²) < 4.78 is 0. The molecule has 172 valence electrons. The molecule has 1 heterocycles. The summed E-state index contributed by atoms with van der Waals surface area (Å²) in [5.74, 6) is -2.37. The van der Waals surface area contributed by atoms with E-state index < -0.39 is 23.8 Å². The van der Waals surface area contributed by atoms with Crippen LogP contribution >= 0.6 is 0 Å². The van der Waals surface area contributed by atoms with Crippen LogP contribution in [-0.4, -0.2) is 33.9 Å². The first-order valence-electron chi connectivity index (χ1n) is 11.6. The summed E-state index contributed by atoms with van der Waals surface area (Å²) in [5.41, 5.74) is 0. The van der Waals surface area contributed by atoms with Gasteiger partial charge in [-0.2, -0.15) is 0 Å². The van der Waals surface area contributed by atoms with Crippen LogP contribution < -0.4 is 0 Å². The van der Waals surface area contributed by atoms with Crippen molar-refractivity contribution >= 4 is 23.8 Å². The Kier molecular flexibility index (Phi) is 13.0. The maximum atomic E-state index is 12.1. The number of rotatable bonds is 17. The number of hydrogen-bond acceptors (Lipinski definition) is 5. The molecule has 0 radical (unpaired) electrons. The second-order valence-corrected chi connectivity index (χ2v) is 8.68. The Hall–Kier alpha value is -1.92. The van der Waals surface area contributed by atoms with Crippen LogP contribution in [0.5, 0.6) is 0 Å². The van der Waals surface area contributed by atoms with Gasteiger partial charge in [-0.1, -0.05) is 78.1 Å². The first-order chi connectivity index (χ1) is 14.3. The molecule has 0 aromatic carbocycles. The van der Waals surface area contributed by atoms with Gasteiger partial charge in [0, 0.05) is 19.3 Å². The summed E-state index contributed by atoms with van der Waals surface area (Å²) >= 11 is 0. The van der Waals surface area contributed by atoms with E-state index in [4.69, 9.17) is 9.94 Å². The number of nitrogens with zero attached hydrogens (tertiary/aromatic N) is 1. The molecule has 7 nitrogen and oxygen atoms in total. The van der Waals surface area contributed by atoms with Crippen LogP contribution in [0.15, 0.2) is 0 Å². The Morgan fingerprint density at radius 3 is 1.70 bits per heavy atom. The van der Waals surface area contributed by atoms with E-state index in [0.717, 1.165) is 38.5 Å². The fourth-order valence-electron chi connectivity index (χ4n) is 3.71. The molecule has 1 aliphatic rings. The van der Waals surface area contributed by atoms with Crippen molar-refractivity contribution in [2.45, 2.75) is 110 Å². The summed E-state index contributed by atoms with van der Waals surface area (Å²) in [5, 5.41) is 9.24. The lowest BCUT2D eigenvalue weighted by atomic mass is 9.95. The highest BCUT2D eigenvalue weighted by Gasteiger charge is 2.42. The van der Waals surface area contributed by atoms with Crippen molar-refractivity contribution in [1.29, 1.82) is 0 Å². The van der Waals surface area contributed by atoms with E-state index in [1.54, 1.807) is 0 Å². The predicted octanol–water partition coefficient (Wildman–Crippen LogP) is 5.02. The quantitative estimate of drug-likeness (QED) is 0.259. The molecule has 1 saturated heterocycles. The van der Waals surface area contributed by atoms with Gasteiger partial charge in [0.05, 0.1) is 5.92 Å². The fraction of sp³-hybridized carbons (Fsp3) is 0.826. The number of carboxylic acid groups (broad SMARTS) is 1. The van der Waals surface area contributed by atoms with Crippen molar-refractivity contribution in [3.05, 3.63) is 0 Å². The predicted molar refractivity (Wildman–Crippen MR) is 113 cm³/mol. The largest absolute Gasteiger partial charge is 0.481 e. The fourth-order valence-corrected chi connectivity index (χ4v) is 3.71. The molecule has 7 heteroatoms. The summed E-state index contributed by atoms with van der Waals surface area (Å²) in [6, 6.07) is 0. The zero-order valence-corrected chi connectivity index (χ0v) is 18.7. The Balaban J connectivity index is 1.93. The average Bonchev–Trinajstić information content (AvgIpc) is 2.96. The van der Waals surface area contributed by atoms with Gasteiger partial charge in [-0.3, -0.25) is 14.4 Å². The maximum Gasteiger partial charge on any atom is 0.333 e. The third-order valence-corrected chi connectivity index (χ3v) is 5.66. The van der Waals surface area contributed by atoms with E-state index in [2.05, 4.69) is 0 Å². The summed E-state index contributed by atoms with van der Waals surface area (Å²) in [6.45, 7) is 3.76. The molecule has 1 N–H and O–H groups in total. The molecule has 2 amide bonds. The van der Waals surface area contributed by atoms with Gasteiger partial charge in [0.15, 0.2) is 0 Å². The molecule has 0 aliphatic carbocycles. The van der Waals surface area contributed by atoms with Crippen LogP contribution in [-0.2, 0) is 24.0 Å². The van der Waals surface area contributed by atoms with Crippen LogP contribution in [0.3, 0.4) is 0 Å². The standard InChI is InChI=1S/C23H39NO6/c1-18(2)19-17-20(25)24(23(19)29)30-22(28)16-14-12-10-8-6-4-3-5-7-9-11-13-15-21(26)27/h18-19H,3-17H2,1-2H3,(H,26,27). The molecule has 0 aromatic rings. The minimum absolute atomic E-state index is 0.0500. The highest BCUT2D eigenvalue weighted by molar-refractivity contribution is 6.03. The Bertz CT molecular complexity index is 560. The number of aliphatic carboxylic acids is 1. The molecule has 0 saturated carbocycles. The molecule has 0 spiro atoms. The van der Waals surface area contributed by atoms with Crippen LogP contribution in [0.25, 0.3) is 0 Å². The van der Waals surface area contributed by atoms with Crippen molar-refractivity contribution in [2.24, 2.45) is 11.8 Å². The monoisotopic (exact) mass is 425 g/mol. The third kappa shape index (κ3) is 10.7. The van der Waals surface area contributed by atoms with E-state index >= 15 is 0 Å². The number of amides is 2. The summed E-state index contributed by atoms with van der Waals surface area (Å²) in [6.07, 6.45) is 13.4. The normalized spacial score (nSPS) is 16.5. The van der Waals surface area contributed by atoms with Gasteiger partial charge < -0.3 is 9.94 Å². The van der Waals surface area contributed by atoms with Gasteiger partial charge in [-0.15, -0.1) is 5.06 Å². The van der Waals surface area contributed by atoms with Gasteiger partial charge in [0.1, 0.15) is 0 Å². The zero-order chi connectivity index (χ0) is 22.4. The summed E-state index contributed by atoms with van der Waals surface area (Å²) in [7, 11) is 0. The molecule has 1 aliphatic heterocycles. The molecule has 1 rings (SSSR count). The smallest absolute Gasteiger partial charge is 0.333 e. The van der Waals surface area contributed by atoms with E-state index in [-0.39, 0.29) is 31.1 Å². The Morgan fingerprint density at radius 2 is 1.30 bits per heavy atom. The average molecular weight is 426 g/mol. The second kappa shape index (κ2) is 15.0. The second-order valence-electron chi connectivity index (χ2n) is 8.68. The molecular weight excluding hydrogens is 386 g/mol. The molecule has 0 aromatic heterocycles. The van der Waals surface area contributed by atoms with Crippen molar-refractivity contribution in [2.75, 3.05) is 0 Å². The molecule has 0 bridgehead atoms. The number of carbonyl (C=O) groups excluding carboxylic acids is 3. The topological polar surface area (TPSA) is 101 Å². The van der Waals surface area contributed by atoms with Gasteiger partial charge >= 0.3 is 11.9 Å². The molecule has 30 heavy (non-hydrogen) atoms. The van der Waals surface area contributed by atoms with Gasteiger partial charge in [0.25, 0.3) is 11.8 Å². The van der Waals surface area contributed by atoms with Crippen molar-refractivity contribution in [3.63, 3.8) is 0 Å². The van der Waals surface area contributed by atoms with E-state index in [9.17, 15) is 19.2 Å². The number of hydrogen-bond donors (Lipinski definition) is 1. The maximum absolute atomic E-state index is 12.1. The lowest BCUT2D eigenvalue weighted by molar-refractivity contribution is -0.198. The van der Waals surface area contributed by atoms with E-state index in [0.29, 0.717) is 11.5 Å². The molecule has 1 fully saturated rings. The van der Waals surface area contributed by atoms with Gasteiger partial charge in [-0.25, -0.2) is 4.79 Å². The highest BCUT2D eigenvalue weighted by atomic mass is 16.7. The number of unbranched alkanes of at least 4 members (excludes halogenated alkanes) is 11. The van der Waals surface area contributed by atoms with E-state index in [1.165, 1.54) is 32.1 Å². The van der Waals surface area contributed by atoms with Crippen molar-refractivity contribution < 1.29 is 29.1 Å². The minimum Gasteiger partial charge on any atom is -0.481 e. The first kappa shape index (κ1) is 26.1. The lowest BCUT2D eigenvalue weighted by Gasteiger charge is -2.15. The first-order valence-corrected chi connectivity index (χ1v) is 11.6. The number of carbonyl (C=O) groups is 4. The molecule has 1 atom stereocenters. The van der Waals surface area contributed by atoms with Crippen LogP contribution in [0.1, 0.15) is 110 Å². The van der Waals surface area contributed by atoms with Crippen LogP contribution in [0, 0.1) is 11.8 Å². The Labute approximate surface area is 180 Å². The minimum atomic E-state index is -0.705. The number of carboxylic acids is 1. The van der Waals surface area contributed by atoms with E-state index in [1.807, 2.05) is 13.8 Å². The van der Waals surface area contributed by atoms with Crippen LogP contribution in [0.2, 0.25) is 0 Å². The summed E-state index contributed by atoms with van der Waals surface area (Å²) in [4.78, 5) is 51.3. The number of imide groups is 1. The zero-order valence-electron chi connectivity index (χ0n) is 18.7. The van der Waals surface area contributed by atoms with Crippen molar-refractivity contribution in [3.8, 4) is 0 Å². The lowest BCUT2D eigenvalue weighted by Crippen LogP contribution is -2.34. The third-order valence-electron chi connectivity index (χ3n) is 5.66. The van der Waals surface area contributed by atoms with Crippen molar-refractivity contribution in [1.82, 2.24) is 5.06 Å². The number of hydroxylamine groups is 2. The molecule has 1 unspecified atom stereocenters. The van der Waals surface area contributed by atoms with Gasteiger partial charge in [0.2, 0.25) is 0 Å². The Morgan fingerprint density at radius 1 is 0.867 bits per heavy atom. The van der Waals surface area contributed by atoms with Gasteiger partial charge in [-0.05, 0) is 18.8 Å². The SMILES string of the molecule is CC(C)C1CC(=O)N(OC(=O)CCCCCCCCCCCCCCC(=O)O)C1=O. The van der Waals surface area contributed by atoms with Crippen LogP contribution in [0.4, 0.5) is 0 Å².